The van der Waals surface area contributed by atoms with Gasteiger partial charge in [0.15, 0.2) is 0 Å². The van der Waals surface area contributed by atoms with Gasteiger partial charge in [-0.05, 0) is 55.5 Å². The zero-order valence-corrected chi connectivity index (χ0v) is 15.6. The molecule has 0 aliphatic carbocycles. The normalized spacial score (nSPS) is 12.4. The molecule has 1 atom stereocenters. The van der Waals surface area contributed by atoms with Crippen molar-refractivity contribution in [1.82, 2.24) is 5.32 Å². The Kier molecular flexibility index (Phi) is 8.65. The quantitative estimate of drug-likeness (QED) is 0.540. The molecular formula is C22H33N. The van der Waals surface area contributed by atoms with E-state index in [2.05, 4.69) is 76.0 Å². The van der Waals surface area contributed by atoms with E-state index in [0.29, 0.717) is 5.92 Å². The van der Waals surface area contributed by atoms with Gasteiger partial charge in [-0.1, -0.05) is 75.3 Å². The molecule has 1 heteroatoms. The van der Waals surface area contributed by atoms with Gasteiger partial charge in [-0.3, -0.25) is 0 Å². The fourth-order valence-corrected chi connectivity index (χ4v) is 2.82. The molecule has 126 valence electrons. The Bertz CT molecular complexity index is 542. The van der Waals surface area contributed by atoms with E-state index in [1.807, 2.05) is 7.05 Å². The molecule has 0 aromatic heterocycles. The second-order valence-electron chi connectivity index (χ2n) is 6.58. The van der Waals surface area contributed by atoms with E-state index in [1.165, 1.54) is 41.5 Å². The Morgan fingerprint density at radius 2 is 1.83 bits per heavy atom. The van der Waals surface area contributed by atoms with Gasteiger partial charge < -0.3 is 5.32 Å². The monoisotopic (exact) mass is 311 g/mol. The highest BCUT2D eigenvalue weighted by atomic mass is 14.8. The summed E-state index contributed by atoms with van der Waals surface area (Å²) in [6.07, 6.45) is 8.24. The maximum Gasteiger partial charge on any atom is 0.0202 e. The summed E-state index contributed by atoms with van der Waals surface area (Å²) in [6.45, 7) is 14.1. The molecule has 0 amide bonds. The van der Waals surface area contributed by atoms with Crippen LogP contribution in [0.2, 0.25) is 0 Å². The first-order valence-electron chi connectivity index (χ1n) is 8.77. The van der Waals surface area contributed by atoms with Crippen molar-refractivity contribution in [3.8, 4) is 0 Å². The summed E-state index contributed by atoms with van der Waals surface area (Å²) >= 11 is 0. The molecule has 0 radical (unpaired) electrons. The number of nitrogens with one attached hydrogen (secondary N) is 1. The topological polar surface area (TPSA) is 12.0 Å². The van der Waals surface area contributed by atoms with Gasteiger partial charge in [-0.2, -0.15) is 0 Å². The Morgan fingerprint density at radius 1 is 1.17 bits per heavy atom. The summed E-state index contributed by atoms with van der Waals surface area (Å²) in [4.78, 5) is 0. The zero-order chi connectivity index (χ0) is 17.2. The smallest absolute Gasteiger partial charge is 0.0202 e. The fourth-order valence-electron chi connectivity index (χ4n) is 2.82. The number of hydrogen-bond acceptors (Lipinski definition) is 1. The van der Waals surface area contributed by atoms with Crippen LogP contribution in [0.1, 0.15) is 58.1 Å². The predicted octanol–water partition coefficient (Wildman–Crippen LogP) is 6.14. The molecular weight excluding hydrogens is 278 g/mol. The van der Waals surface area contributed by atoms with E-state index >= 15 is 0 Å². The van der Waals surface area contributed by atoms with E-state index in [-0.39, 0.29) is 0 Å². The van der Waals surface area contributed by atoms with Crippen LogP contribution < -0.4 is 5.32 Å². The summed E-state index contributed by atoms with van der Waals surface area (Å²) < 4.78 is 0. The Morgan fingerprint density at radius 3 is 2.35 bits per heavy atom. The number of benzene rings is 1. The van der Waals surface area contributed by atoms with Crippen molar-refractivity contribution in [1.29, 1.82) is 0 Å². The van der Waals surface area contributed by atoms with Crippen molar-refractivity contribution in [2.45, 2.75) is 53.5 Å². The molecule has 1 rings (SSSR count). The summed E-state index contributed by atoms with van der Waals surface area (Å²) in [5.74, 6) is 0.613. The zero-order valence-electron chi connectivity index (χ0n) is 15.6. The number of rotatable bonds is 9. The van der Waals surface area contributed by atoms with E-state index in [4.69, 9.17) is 0 Å². The minimum Gasteiger partial charge on any atom is -0.316 e. The van der Waals surface area contributed by atoms with Gasteiger partial charge in [-0.15, -0.1) is 0 Å². The van der Waals surface area contributed by atoms with Crippen LogP contribution in [0.4, 0.5) is 0 Å². The average molecular weight is 312 g/mol. The molecule has 1 aromatic carbocycles. The van der Waals surface area contributed by atoms with Crippen LogP contribution >= 0.6 is 0 Å². The maximum absolute atomic E-state index is 4.23. The molecule has 0 saturated carbocycles. The molecule has 0 heterocycles. The summed E-state index contributed by atoms with van der Waals surface area (Å²) in [6, 6.07) is 8.64. The van der Waals surface area contributed by atoms with Crippen molar-refractivity contribution in [3.05, 3.63) is 65.3 Å². The maximum atomic E-state index is 4.23. The SMILES string of the molecule is C=C(/C=C\C(=C(C)C)C(C)CCCC)c1ccc(CNC)cc1. The average Bonchev–Trinajstić information content (AvgIpc) is 2.53. The number of hydrogen-bond donors (Lipinski definition) is 1. The molecule has 0 aliphatic rings. The highest BCUT2D eigenvalue weighted by Gasteiger charge is 2.07. The highest BCUT2D eigenvalue weighted by molar-refractivity contribution is 5.72. The third-order valence-corrected chi connectivity index (χ3v) is 4.27. The van der Waals surface area contributed by atoms with E-state index in [1.54, 1.807) is 0 Å². The first-order chi connectivity index (χ1) is 11.0. The first kappa shape index (κ1) is 19.4. The molecule has 0 bridgehead atoms. The van der Waals surface area contributed by atoms with Crippen LogP contribution in [0.5, 0.6) is 0 Å². The van der Waals surface area contributed by atoms with Gasteiger partial charge in [0.05, 0.1) is 0 Å². The minimum absolute atomic E-state index is 0.613. The summed E-state index contributed by atoms with van der Waals surface area (Å²) in [5.41, 5.74) is 6.41. The third kappa shape index (κ3) is 6.58. The lowest BCUT2D eigenvalue weighted by Gasteiger charge is -2.15. The first-order valence-corrected chi connectivity index (χ1v) is 8.77. The second kappa shape index (κ2) is 10.2. The molecule has 1 unspecified atom stereocenters. The lowest BCUT2D eigenvalue weighted by Crippen LogP contribution is -2.04. The van der Waals surface area contributed by atoms with Gasteiger partial charge in [-0.25, -0.2) is 0 Å². The van der Waals surface area contributed by atoms with Crippen LogP contribution in [-0.4, -0.2) is 7.05 Å². The fraction of sp³-hybridized carbons (Fsp3) is 0.455. The standard InChI is InChI=1S/C22H33N/c1-7-8-9-19(5)22(17(2)3)15-10-18(4)21-13-11-20(12-14-21)16-23-6/h10-15,19,23H,4,7-9,16H2,1-3,5-6H3/b15-10-. The molecule has 0 aliphatic heterocycles. The second-order valence-corrected chi connectivity index (χ2v) is 6.58. The van der Waals surface area contributed by atoms with Crippen molar-refractivity contribution < 1.29 is 0 Å². The van der Waals surface area contributed by atoms with Gasteiger partial charge >= 0.3 is 0 Å². The third-order valence-electron chi connectivity index (χ3n) is 4.27. The Labute approximate surface area is 143 Å². The van der Waals surface area contributed by atoms with Gasteiger partial charge in [0.1, 0.15) is 0 Å². The predicted molar refractivity (Wildman–Crippen MR) is 104 cm³/mol. The minimum atomic E-state index is 0.613. The lowest BCUT2D eigenvalue weighted by molar-refractivity contribution is 0.577. The molecule has 0 spiro atoms. The molecule has 1 N–H and O–H groups in total. The number of unbranched alkanes of at least 4 members (excludes halogenated alkanes) is 1. The van der Waals surface area contributed by atoms with Gasteiger partial charge in [0.2, 0.25) is 0 Å². The highest BCUT2D eigenvalue weighted by Crippen LogP contribution is 2.24. The van der Waals surface area contributed by atoms with E-state index in [9.17, 15) is 0 Å². The van der Waals surface area contributed by atoms with E-state index in [0.717, 1.165) is 12.1 Å². The lowest BCUT2D eigenvalue weighted by atomic mass is 9.91. The van der Waals surface area contributed by atoms with Crippen molar-refractivity contribution in [2.75, 3.05) is 7.05 Å². The molecule has 0 fully saturated rings. The van der Waals surface area contributed by atoms with Gasteiger partial charge in [0, 0.05) is 6.54 Å². The summed E-state index contributed by atoms with van der Waals surface area (Å²) in [7, 11) is 1.97. The largest absolute Gasteiger partial charge is 0.316 e. The van der Waals surface area contributed by atoms with Crippen LogP contribution in [0.3, 0.4) is 0 Å². The molecule has 0 saturated heterocycles. The van der Waals surface area contributed by atoms with Crippen LogP contribution in [0, 0.1) is 5.92 Å². The summed E-state index contributed by atoms with van der Waals surface area (Å²) in [5, 5.41) is 3.17. The Hall–Kier alpha value is -1.60. The van der Waals surface area contributed by atoms with E-state index < -0.39 is 0 Å². The molecule has 1 nitrogen and oxygen atoms in total. The van der Waals surface area contributed by atoms with Crippen LogP contribution in [0.25, 0.3) is 5.57 Å². The number of allylic oxidation sites excluding steroid dienone is 5. The van der Waals surface area contributed by atoms with Gasteiger partial charge in [0.25, 0.3) is 0 Å². The van der Waals surface area contributed by atoms with Crippen molar-refractivity contribution in [2.24, 2.45) is 5.92 Å². The molecule has 23 heavy (non-hydrogen) atoms. The van der Waals surface area contributed by atoms with Crippen LogP contribution in [0.15, 0.2) is 54.1 Å². The Balaban J connectivity index is 2.80. The van der Waals surface area contributed by atoms with Crippen molar-refractivity contribution >= 4 is 5.57 Å². The molecule has 1 aromatic rings. The van der Waals surface area contributed by atoms with Crippen LogP contribution in [-0.2, 0) is 6.54 Å². The van der Waals surface area contributed by atoms with Crippen molar-refractivity contribution in [3.63, 3.8) is 0 Å².